The molecule has 5 nitrogen and oxygen atoms in total. The predicted octanol–water partition coefficient (Wildman–Crippen LogP) is 3.36. The van der Waals surface area contributed by atoms with Gasteiger partial charge in [0.05, 0.1) is 7.11 Å². The van der Waals surface area contributed by atoms with Gasteiger partial charge >= 0.3 is 0 Å². The Labute approximate surface area is 127 Å². The SMILES string of the molecule is C=C(/C=C\C=C/C)c1cc(=O)c2c(O)c(OC)c(O)cc2o1. The highest BCUT2D eigenvalue weighted by Crippen LogP contribution is 2.40. The van der Waals surface area contributed by atoms with Gasteiger partial charge in [-0.25, -0.2) is 0 Å². The maximum Gasteiger partial charge on any atom is 0.203 e. The zero-order valence-electron chi connectivity index (χ0n) is 12.3. The van der Waals surface area contributed by atoms with E-state index in [1.807, 2.05) is 19.1 Å². The third kappa shape index (κ3) is 2.74. The Morgan fingerprint density at radius 1 is 1.32 bits per heavy atom. The largest absolute Gasteiger partial charge is 0.504 e. The molecule has 2 N–H and O–H groups in total. The van der Waals surface area contributed by atoms with Crippen LogP contribution < -0.4 is 10.2 Å². The van der Waals surface area contributed by atoms with Crippen molar-refractivity contribution in [2.75, 3.05) is 7.11 Å². The molecule has 0 atom stereocenters. The van der Waals surface area contributed by atoms with Gasteiger partial charge in [-0.15, -0.1) is 0 Å². The zero-order chi connectivity index (χ0) is 16.3. The Morgan fingerprint density at radius 2 is 2.05 bits per heavy atom. The third-order valence-electron chi connectivity index (χ3n) is 3.05. The van der Waals surface area contributed by atoms with Crippen molar-refractivity contribution in [2.24, 2.45) is 0 Å². The van der Waals surface area contributed by atoms with E-state index in [4.69, 9.17) is 9.15 Å². The van der Waals surface area contributed by atoms with Crippen LogP contribution in [-0.4, -0.2) is 17.3 Å². The van der Waals surface area contributed by atoms with Crippen molar-refractivity contribution in [1.82, 2.24) is 0 Å². The molecule has 114 valence electrons. The number of hydrogen-bond donors (Lipinski definition) is 2. The van der Waals surface area contributed by atoms with E-state index in [1.54, 1.807) is 12.2 Å². The average Bonchev–Trinajstić information content (AvgIpc) is 2.46. The van der Waals surface area contributed by atoms with Gasteiger partial charge in [-0.2, -0.15) is 0 Å². The van der Waals surface area contributed by atoms with Gasteiger partial charge in [0.2, 0.25) is 5.75 Å². The first kappa shape index (κ1) is 15.4. The van der Waals surface area contributed by atoms with Crippen LogP contribution in [0, 0.1) is 0 Å². The number of ether oxygens (including phenoxy) is 1. The minimum absolute atomic E-state index is 0.0522. The summed E-state index contributed by atoms with van der Waals surface area (Å²) in [4.78, 5) is 12.2. The van der Waals surface area contributed by atoms with Crippen molar-refractivity contribution in [3.8, 4) is 17.2 Å². The number of hydrogen-bond acceptors (Lipinski definition) is 5. The molecule has 0 fully saturated rings. The van der Waals surface area contributed by atoms with Crippen molar-refractivity contribution in [3.05, 3.63) is 59.0 Å². The minimum atomic E-state index is -0.451. The maximum atomic E-state index is 12.2. The van der Waals surface area contributed by atoms with E-state index in [1.165, 1.54) is 19.2 Å². The molecule has 0 aliphatic carbocycles. The number of methoxy groups -OCH3 is 1. The summed E-state index contributed by atoms with van der Waals surface area (Å²) in [5.41, 5.74) is 0.0958. The summed E-state index contributed by atoms with van der Waals surface area (Å²) in [5, 5.41) is 19.8. The molecule has 22 heavy (non-hydrogen) atoms. The highest BCUT2D eigenvalue weighted by Gasteiger charge is 2.18. The van der Waals surface area contributed by atoms with E-state index in [0.29, 0.717) is 5.57 Å². The van der Waals surface area contributed by atoms with Crippen LogP contribution in [0.4, 0.5) is 0 Å². The quantitative estimate of drug-likeness (QED) is 0.846. The third-order valence-corrected chi connectivity index (χ3v) is 3.05. The second-order valence-electron chi connectivity index (χ2n) is 4.54. The Bertz CT molecular complexity index is 840. The van der Waals surface area contributed by atoms with Crippen LogP contribution in [-0.2, 0) is 0 Å². The molecule has 0 unspecified atom stereocenters. The van der Waals surface area contributed by atoms with Gasteiger partial charge in [-0.05, 0) is 6.92 Å². The highest BCUT2D eigenvalue weighted by atomic mass is 16.5. The molecule has 0 spiro atoms. The summed E-state index contributed by atoms with van der Waals surface area (Å²) >= 11 is 0. The molecule has 1 heterocycles. The number of phenols is 2. The summed E-state index contributed by atoms with van der Waals surface area (Å²) in [6.07, 6.45) is 7.11. The first-order chi connectivity index (χ1) is 10.5. The number of phenolic OH excluding ortho intramolecular Hbond substituents is 2. The highest BCUT2D eigenvalue weighted by molar-refractivity contribution is 5.89. The molecule has 2 aromatic rings. The molecular weight excluding hydrogens is 284 g/mol. The minimum Gasteiger partial charge on any atom is -0.504 e. The summed E-state index contributed by atoms with van der Waals surface area (Å²) in [7, 11) is 1.28. The number of fused-ring (bicyclic) bond motifs is 1. The summed E-state index contributed by atoms with van der Waals surface area (Å²) < 4.78 is 10.4. The fraction of sp³-hybridized carbons (Fsp3) is 0.118. The van der Waals surface area contributed by atoms with Gasteiger partial charge in [0.15, 0.2) is 16.9 Å². The lowest BCUT2D eigenvalue weighted by Gasteiger charge is -2.09. The van der Waals surface area contributed by atoms with Crippen LogP contribution in [0.3, 0.4) is 0 Å². The monoisotopic (exact) mass is 300 g/mol. The molecule has 0 saturated carbocycles. The lowest BCUT2D eigenvalue weighted by atomic mass is 10.1. The van der Waals surface area contributed by atoms with Crippen LogP contribution >= 0.6 is 0 Å². The summed E-state index contributed by atoms with van der Waals surface area (Å²) in [6.45, 7) is 5.70. The maximum absolute atomic E-state index is 12.2. The molecule has 0 amide bonds. The Morgan fingerprint density at radius 3 is 2.68 bits per heavy atom. The van der Waals surface area contributed by atoms with Gasteiger partial charge in [-0.3, -0.25) is 4.79 Å². The fourth-order valence-corrected chi connectivity index (χ4v) is 2.00. The fourth-order valence-electron chi connectivity index (χ4n) is 2.00. The number of allylic oxidation sites excluding steroid dienone is 5. The summed E-state index contributed by atoms with van der Waals surface area (Å²) in [5.74, 6) is -0.683. The molecule has 0 aliphatic rings. The Hall–Kier alpha value is -2.95. The number of benzene rings is 1. The summed E-state index contributed by atoms with van der Waals surface area (Å²) in [6, 6.07) is 2.46. The van der Waals surface area contributed by atoms with Gasteiger partial charge in [0.25, 0.3) is 0 Å². The van der Waals surface area contributed by atoms with E-state index in [9.17, 15) is 15.0 Å². The molecule has 0 radical (unpaired) electrons. The van der Waals surface area contributed by atoms with Crippen molar-refractivity contribution in [3.63, 3.8) is 0 Å². The van der Waals surface area contributed by atoms with E-state index in [0.717, 1.165) is 0 Å². The van der Waals surface area contributed by atoms with Gasteiger partial charge in [-0.1, -0.05) is 30.9 Å². The second kappa shape index (κ2) is 6.22. The van der Waals surface area contributed by atoms with Crippen LogP contribution in [0.5, 0.6) is 17.2 Å². The first-order valence-electron chi connectivity index (χ1n) is 6.55. The van der Waals surface area contributed by atoms with Crippen molar-refractivity contribution in [1.29, 1.82) is 0 Å². The number of rotatable bonds is 4. The molecule has 0 bridgehead atoms. The average molecular weight is 300 g/mol. The number of aromatic hydroxyl groups is 2. The van der Waals surface area contributed by atoms with Gasteiger partial charge < -0.3 is 19.4 Å². The normalized spacial score (nSPS) is 11.5. The van der Waals surface area contributed by atoms with Crippen molar-refractivity contribution >= 4 is 16.5 Å². The molecule has 5 heteroatoms. The van der Waals surface area contributed by atoms with Crippen molar-refractivity contribution in [2.45, 2.75) is 6.92 Å². The molecule has 1 aromatic heterocycles. The molecule has 1 aromatic carbocycles. The van der Waals surface area contributed by atoms with E-state index in [2.05, 4.69) is 6.58 Å². The molecule has 0 saturated heterocycles. The van der Waals surface area contributed by atoms with Crippen LogP contribution in [0.15, 0.2) is 52.2 Å². The smallest absolute Gasteiger partial charge is 0.203 e. The van der Waals surface area contributed by atoms with E-state index < -0.39 is 11.2 Å². The molecule has 2 rings (SSSR count). The van der Waals surface area contributed by atoms with E-state index >= 15 is 0 Å². The van der Waals surface area contributed by atoms with Gasteiger partial charge in [0, 0.05) is 17.7 Å². The topological polar surface area (TPSA) is 79.9 Å². The van der Waals surface area contributed by atoms with Crippen LogP contribution in [0.1, 0.15) is 12.7 Å². The standard InChI is InChI=1S/C17H16O5/c1-4-5-6-7-10(2)13-8-11(18)15-14(22-13)9-12(19)17(21-3)16(15)20/h4-9,19-20H,2H2,1,3H3/b5-4-,7-6-. The van der Waals surface area contributed by atoms with E-state index in [-0.39, 0.29) is 28.2 Å². The Balaban J connectivity index is 2.64. The predicted molar refractivity (Wildman–Crippen MR) is 85.4 cm³/mol. The van der Waals surface area contributed by atoms with Gasteiger partial charge in [0.1, 0.15) is 16.7 Å². The van der Waals surface area contributed by atoms with Crippen molar-refractivity contribution < 1.29 is 19.4 Å². The lowest BCUT2D eigenvalue weighted by molar-refractivity contribution is 0.346. The zero-order valence-corrected chi connectivity index (χ0v) is 12.3. The second-order valence-corrected chi connectivity index (χ2v) is 4.54. The molecular formula is C17H16O5. The van der Waals surface area contributed by atoms with Crippen LogP contribution in [0.25, 0.3) is 16.5 Å². The first-order valence-corrected chi connectivity index (χ1v) is 6.55. The lowest BCUT2D eigenvalue weighted by Crippen LogP contribution is -2.02. The van der Waals surface area contributed by atoms with Crippen LogP contribution in [0.2, 0.25) is 0 Å². The Kier molecular flexibility index (Phi) is 4.36. The molecule has 0 aliphatic heterocycles.